The van der Waals surface area contributed by atoms with Crippen LogP contribution in [0.3, 0.4) is 0 Å². The Morgan fingerprint density at radius 2 is 0.788 bits per heavy atom. The van der Waals surface area contributed by atoms with Crippen molar-refractivity contribution in [3.05, 3.63) is 0 Å². The van der Waals surface area contributed by atoms with E-state index in [4.69, 9.17) is 4.55 Å². The molecule has 0 heterocycles. The molecule has 0 aromatic heterocycles. The maximum Gasteiger partial charge on any atom is 0.264 e. The van der Waals surface area contributed by atoms with Gasteiger partial charge in [0.05, 0.1) is 15.9 Å². The Morgan fingerprint density at radius 3 is 0.879 bits per heavy atom. The molecule has 1 N–H and O–H groups in total. The molecule has 14 heteroatoms. The van der Waals surface area contributed by atoms with Crippen LogP contribution in [0.5, 0.6) is 0 Å². The maximum absolute atomic E-state index is 10.4. The molecule has 0 saturated carbocycles. The normalized spacial score (nSPS) is 11.4. The summed E-state index contributed by atoms with van der Waals surface area (Å²) in [7, 11) is -13.0. The molecule has 0 aliphatic carbocycles. The molecule has 208 valence electrons. The maximum atomic E-state index is 10.4. The van der Waals surface area contributed by atoms with Crippen LogP contribution < -0.4 is 0 Å². The van der Waals surface area contributed by atoms with E-state index in [9.17, 15) is 38.2 Å². The van der Waals surface area contributed by atoms with Crippen molar-refractivity contribution in [3.8, 4) is 0 Å². The van der Waals surface area contributed by atoms with Crippen LogP contribution >= 0.6 is 0 Å². The van der Waals surface area contributed by atoms with Crippen LogP contribution in [0.15, 0.2) is 0 Å². The molecule has 0 spiro atoms. The van der Waals surface area contributed by atoms with E-state index in [0.717, 1.165) is 38.5 Å². The summed E-state index contributed by atoms with van der Waals surface area (Å²) in [6, 6.07) is 0. The van der Waals surface area contributed by atoms with Gasteiger partial charge in [-0.1, -0.05) is 60.8 Å². The predicted molar refractivity (Wildman–Crippen MR) is 137 cm³/mol. The molecule has 0 aromatic rings. The molecule has 10 nitrogen and oxygen atoms in total. The summed E-state index contributed by atoms with van der Waals surface area (Å²) in [5.74, 6) is 0.347. The second kappa shape index (κ2) is 23.5. The van der Waals surface area contributed by atoms with E-state index in [1.54, 1.807) is 0 Å². The Labute approximate surface area is 204 Å². The van der Waals surface area contributed by atoms with E-state index < -0.39 is 39.9 Å². The number of sulfone groups is 2. The van der Waals surface area contributed by atoms with Gasteiger partial charge in [-0.3, -0.25) is 4.55 Å². The van der Waals surface area contributed by atoms with Crippen LogP contribution in [0.4, 0.5) is 0 Å². The van der Waals surface area contributed by atoms with Gasteiger partial charge < -0.3 is 4.55 Å². The zero-order valence-electron chi connectivity index (χ0n) is 20.2. The van der Waals surface area contributed by atoms with Crippen LogP contribution in [0.2, 0.25) is 0 Å². The molecule has 0 aliphatic heterocycles. The van der Waals surface area contributed by atoms with E-state index in [0.29, 0.717) is 24.3 Å². The van der Waals surface area contributed by atoms with E-state index in [1.807, 2.05) is 27.7 Å². The molecule has 0 unspecified atom stereocenters. The smallest absolute Gasteiger partial charge is 0.264 e. The van der Waals surface area contributed by atoms with E-state index >= 15 is 0 Å². The first-order valence-electron chi connectivity index (χ1n) is 10.5. The molecule has 0 fully saturated rings. The minimum absolute atomic E-state index is 0. The Kier molecular flexibility index (Phi) is 30.5. The van der Waals surface area contributed by atoms with Crippen molar-refractivity contribution >= 4 is 39.9 Å². The highest BCUT2D eigenvalue weighted by molar-refractivity contribution is 7.90. The number of unbranched alkanes of at least 4 members (excludes halogenated alkanes) is 4. The lowest BCUT2D eigenvalue weighted by Crippen LogP contribution is -2.02. The van der Waals surface area contributed by atoms with Gasteiger partial charge in [-0.05, 0) is 25.7 Å². The number of hydrogen-bond acceptors (Lipinski definition) is 9. The van der Waals surface area contributed by atoms with Gasteiger partial charge in [0.25, 0.3) is 10.1 Å². The Bertz CT molecular complexity index is 685. The minimum atomic E-state index is -3.94. The first-order valence-corrected chi connectivity index (χ1v) is 17.8. The zero-order valence-corrected chi connectivity index (χ0v) is 23.5. The van der Waals surface area contributed by atoms with Gasteiger partial charge in [0.2, 0.25) is 0 Å². The van der Waals surface area contributed by atoms with Gasteiger partial charge in [0.15, 0.2) is 0 Å². The topological polar surface area (TPSA) is 180 Å². The Morgan fingerprint density at radius 1 is 0.545 bits per heavy atom. The summed E-state index contributed by atoms with van der Waals surface area (Å²) in [6.07, 6.45) is 8.58. The van der Waals surface area contributed by atoms with E-state index in [1.165, 1.54) is 12.5 Å². The SMILES string of the molecule is C.CCCCS(=O)(=O)O.CCCCS(=O)(=O)[O-].CCCCS(C)(=O)=O.CCCCS(C)(=O)=O. The van der Waals surface area contributed by atoms with Crippen LogP contribution in [0, 0.1) is 0 Å². The van der Waals surface area contributed by atoms with Crippen molar-refractivity contribution in [1.82, 2.24) is 0 Å². The third-order valence-electron chi connectivity index (χ3n) is 3.24. The molecule has 0 amide bonds. The summed E-state index contributed by atoms with van der Waals surface area (Å²) in [6.45, 7) is 7.66. The van der Waals surface area contributed by atoms with Gasteiger partial charge in [0.1, 0.15) is 19.7 Å². The first-order chi connectivity index (χ1) is 14.2. The van der Waals surface area contributed by atoms with Gasteiger partial charge in [-0.2, -0.15) is 8.42 Å². The summed E-state index contributed by atoms with van der Waals surface area (Å²) in [5, 5.41) is 0. The molecular formula is C19H47O10S4-. The fraction of sp³-hybridized carbons (Fsp3) is 1.00. The number of rotatable bonds is 12. The molecule has 0 bridgehead atoms. The summed E-state index contributed by atoms with van der Waals surface area (Å²) in [5.41, 5.74) is 0. The summed E-state index contributed by atoms with van der Waals surface area (Å²) >= 11 is 0. The van der Waals surface area contributed by atoms with Crippen molar-refractivity contribution in [2.75, 3.05) is 35.5 Å². The van der Waals surface area contributed by atoms with Gasteiger partial charge in [-0.15, -0.1) is 0 Å². The Balaban J connectivity index is -0.000000105. The van der Waals surface area contributed by atoms with E-state index in [2.05, 4.69) is 0 Å². The van der Waals surface area contributed by atoms with Crippen LogP contribution in [-0.4, -0.2) is 78.3 Å². The molecule has 0 aromatic carbocycles. The van der Waals surface area contributed by atoms with Gasteiger partial charge >= 0.3 is 0 Å². The zero-order chi connectivity index (χ0) is 26.5. The van der Waals surface area contributed by atoms with Crippen LogP contribution in [0.25, 0.3) is 0 Å². The largest absolute Gasteiger partial charge is 0.748 e. The fourth-order valence-corrected chi connectivity index (χ4v) is 4.38. The average Bonchev–Trinajstić information content (AvgIpc) is 2.60. The van der Waals surface area contributed by atoms with Gasteiger partial charge in [-0.25, -0.2) is 25.3 Å². The van der Waals surface area contributed by atoms with Crippen molar-refractivity contribution in [3.63, 3.8) is 0 Å². The molecule has 0 rings (SSSR count). The summed E-state index contributed by atoms with van der Waals surface area (Å²) < 4.78 is 99.1. The lowest BCUT2D eigenvalue weighted by molar-refractivity contribution is 0.460. The standard InChI is InChI=1S/2C5H12O2S.2C4H10O3S.CH4/c2*1-3-4-5-8(2,6)7;2*1-2-3-4-8(5,6)7;/h2*3-5H2,1-2H3;2*2-4H2,1H3,(H,5,6,7);1H4/p-1. The van der Waals surface area contributed by atoms with Crippen molar-refractivity contribution < 1.29 is 42.8 Å². The quantitative estimate of drug-likeness (QED) is 0.346. The predicted octanol–water partition coefficient (Wildman–Crippen LogP) is 3.30. The second-order valence-corrected chi connectivity index (χ2v) is 14.8. The lowest BCUT2D eigenvalue weighted by atomic mass is 10.4. The van der Waals surface area contributed by atoms with E-state index in [-0.39, 0.29) is 18.9 Å². The van der Waals surface area contributed by atoms with Crippen LogP contribution in [-0.2, 0) is 39.9 Å². The number of hydrogen-bond donors (Lipinski definition) is 1. The molecule has 33 heavy (non-hydrogen) atoms. The second-order valence-electron chi connectivity index (χ2n) is 7.22. The molecule has 0 atom stereocenters. The highest BCUT2D eigenvalue weighted by Crippen LogP contribution is 1.92. The van der Waals surface area contributed by atoms with Crippen molar-refractivity contribution in [2.45, 2.75) is 86.5 Å². The third-order valence-corrected chi connectivity index (χ3v) is 6.89. The average molecular weight is 564 g/mol. The summed E-state index contributed by atoms with van der Waals surface area (Å²) in [4.78, 5) is 0. The van der Waals surface area contributed by atoms with Crippen molar-refractivity contribution in [2.24, 2.45) is 0 Å². The Hall–Kier alpha value is -0.280. The lowest BCUT2D eigenvalue weighted by Gasteiger charge is -2.02. The fourth-order valence-electron chi connectivity index (χ4n) is 1.46. The van der Waals surface area contributed by atoms with Crippen LogP contribution in [0.1, 0.15) is 86.5 Å². The monoisotopic (exact) mass is 563 g/mol. The highest BCUT2D eigenvalue weighted by Gasteiger charge is 2.00. The molecule has 0 aliphatic rings. The minimum Gasteiger partial charge on any atom is -0.748 e. The molecule has 0 saturated heterocycles. The third kappa shape index (κ3) is 72.0. The molecule has 0 radical (unpaired) electrons. The highest BCUT2D eigenvalue weighted by atomic mass is 32.2. The van der Waals surface area contributed by atoms with Gasteiger partial charge in [0, 0.05) is 29.8 Å². The molecular weight excluding hydrogens is 516 g/mol. The first kappa shape index (κ1) is 42.8. The van der Waals surface area contributed by atoms with Crippen molar-refractivity contribution in [1.29, 1.82) is 0 Å².